The van der Waals surface area contributed by atoms with Crippen LogP contribution >= 0.6 is 0 Å². The van der Waals surface area contributed by atoms with E-state index in [1.165, 1.54) is 12.1 Å². The molecule has 0 spiro atoms. The van der Waals surface area contributed by atoms with Crippen LogP contribution in [0.15, 0.2) is 77.7 Å². The Bertz CT molecular complexity index is 1280. The summed E-state index contributed by atoms with van der Waals surface area (Å²) >= 11 is 0. The monoisotopic (exact) mass is 494 g/mol. The first-order valence-electron chi connectivity index (χ1n) is 11.4. The number of anilines is 2. The van der Waals surface area contributed by atoms with Gasteiger partial charge in [-0.3, -0.25) is 9.10 Å². The minimum absolute atomic E-state index is 0.0794. The highest BCUT2D eigenvalue weighted by Gasteiger charge is 2.28. The first kappa shape index (κ1) is 26.0. The van der Waals surface area contributed by atoms with Crippen molar-refractivity contribution in [2.75, 3.05) is 22.8 Å². The van der Waals surface area contributed by atoms with Gasteiger partial charge in [0.05, 0.1) is 28.4 Å². The Morgan fingerprint density at radius 1 is 0.943 bits per heavy atom. The van der Waals surface area contributed by atoms with Gasteiger partial charge in [-0.05, 0) is 61.7 Å². The quantitative estimate of drug-likeness (QED) is 0.416. The van der Waals surface area contributed by atoms with Gasteiger partial charge in [-0.2, -0.15) is 0 Å². The fourth-order valence-corrected chi connectivity index (χ4v) is 4.90. The molecule has 0 aliphatic rings. The van der Waals surface area contributed by atoms with Gasteiger partial charge in [-0.15, -0.1) is 0 Å². The van der Waals surface area contributed by atoms with E-state index < -0.39 is 28.4 Å². The number of ether oxygens (including phenoxy) is 1. The van der Waals surface area contributed by atoms with Gasteiger partial charge in [0.25, 0.3) is 10.0 Å². The molecule has 7 nitrogen and oxygen atoms in total. The number of sulfonamides is 1. The summed E-state index contributed by atoms with van der Waals surface area (Å²) in [5.41, 5.74) is 2.78. The summed E-state index contributed by atoms with van der Waals surface area (Å²) in [6.45, 7) is 7.36. The maximum absolute atomic E-state index is 13.6. The van der Waals surface area contributed by atoms with E-state index in [4.69, 9.17) is 4.74 Å². The van der Waals surface area contributed by atoms with Crippen LogP contribution in [-0.2, 0) is 19.6 Å². The van der Waals surface area contributed by atoms with Gasteiger partial charge >= 0.3 is 5.97 Å². The molecule has 3 rings (SSSR count). The van der Waals surface area contributed by atoms with E-state index in [2.05, 4.69) is 5.32 Å². The van der Waals surface area contributed by atoms with Crippen LogP contribution in [0, 0.1) is 6.92 Å². The van der Waals surface area contributed by atoms with Crippen molar-refractivity contribution < 1.29 is 22.7 Å². The third kappa shape index (κ3) is 6.27. The molecule has 0 heterocycles. The molecule has 0 atom stereocenters. The Balaban J connectivity index is 1.95. The van der Waals surface area contributed by atoms with Crippen molar-refractivity contribution in [2.45, 2.75) is 38.5 Å². The fourth-order valence-electron chi connectivity index (χ4n) is 3.48. The third-order valence-corrected chi connectivity index (χ3v) is 7.23. The average molecular weight is 495 g/mol. The molecular formula is C27H30N2O5S. The number of nitrogens with zero attached hydrogens (tertiary/aromatic N) is 1. The molecule has 0 aliphatic carbocycles. The highest BCUT2D eigenvalue weighted by Crippen LogP contribution is 2.26. The van der Waals surface area contributed by atoms with E-state index in [0.29, 0.717) is 5.69 Å². The maximum Gasteiger partial charge on any atom is 0.340 e. The predicted molar refractivity (Wildman–Crippen MR) is 137 cm³/mol. The Morgan fingerprint density at radius 3 is 2.17 bits per heavy atom. The Hall–Kier alpha value is -3.65. The summed E-state index contributed by atoms with van der Waals surface area (Å²) in [6, 6.07) is 20.0. The Labute approximate surface area is 206 Å². The van der Waals surface area contributed by atoms with Gasteiger partial charge in [0.1, 0.15) is 6.54 Å². The minimum Gasteiger partial charge on any atom is -0.462 e. The van der Waals surface area contributed by atoms with E-state index in [1.807, 2.05) is 32.9 Å². The van der Waals surface area contributed by atoms with E-state index in [0.717, 1.165) is 15.4 Å². The van der Waals surface area contributed by atoms with Gasteiger partial charge in [-0.25, -0.2) is 13.2 Å². The molecular weight excluding hydrogens is 464 g/mol. The average Bonchev–Trinajstić information content (AvgIpc) is 2.83. The van der Waals surface area contributed by atoms with Crippen molar-refractivity contribution >= 4 is 33.3 Å². The van der Waals surface area contributed by atoms with Crippen molar-refractivity contribution in [3.05, 3.63) is 89.5 Å². The van der Waals surface area contributed by atoms with Crippen LogP contribution in [0.25, 0.3) is 0 Å². The van der Waals surface area contributed by atoms with Gasteiger partial charge in [0.2, 0.25) is 5.91 Å². The smallest absolute Gasteiger partial charge is 0.340 e. The number of rotatable bonds is 9. The molecule has 8 heteroatoms. The molecule has 0 saturated heterocycles. The van der Waals surface area contributed by atoms with Crippen molar-refractivity contribution in [2.24, 2.45) is 0 Å². The van der Waals surface area contributed by atoms with Crippen LogP contribution in [0.3, 0.4) is 0 Å². The molecule has 35 heavy (non-hydrogen) atoms. The van der Waals surface area contributed by atoms with Gasteiger partial charge in [0, 0.05) is 0 Å². The van der Waals surface area contributed by atoms with Crippen molar-refractivity contribution in [1.82, 2.24) is 0 Å². The van der Waals surface area contributed by atoms with Crippen LogP contribution in [0.1, 0.15) is 48.2 Å². The zero-order chi connectivity index (χ0) is 25.6. The number of nitrogens with one attached hydrogen (secondary N) is 1. The molecule has 184 valence electrons. The van der Waals surface area contributed by atoms with Crippen molar-refractivity contribution in [3.63, 3.8) is 0 Å². The number of esters is 1. The molecule has 0 unspecified atom stereocenters. The van der Waals surface area contributed by atoms with Gasteiger partial charge < -0.3 is 10.1 Å². The Morgan fingerprint density at radius 2 is 1.57 bits per heavy atom. The third-order valence-electron chi connectivity index (χ3n) is 5.44. The van der Waals surface area contributed by atoms with Gasteiger partial charge in [-0.1, -0.05) is 55.8 Å². The summed E-state index contributed by atoms with van der Waals surface area (Å²) in [7, 11) is -4.05. The lowest BCUT2D eigenvalue weighted by molar-refractivity contribution is -0.114. The summed E-state index contributed by atoms with van der Waals surface area (Å²) in [5.74, 6) is -0.893. The molecule has 0 saturated carbocycles. The summed E-state index contributed by atoms with van der Waals surface area (Å²) in [6.07, 6.45) is 0. The molecule has 0 bridgehead atoms. The molecule has 3 aromatic rings. The van der Waals surface area contributed by atoms with E-state index >= 15 is 0 Å². The molecule has 0 aromatic heterocycles. The predicted octanol–water partition coefficient (Wildman–Crippen LogP) is 5.13. The van der Waals surface area contributed by atoms with E-state index in [-0.39, 0.29) is 28.7 Å². The van der Waals surface area contributed by atoms with Crippen LogP contribution in [0.2, 0.25) is 0 Å². The first-order chi connectivity index (χ1) is 16.6. The molecule has 1 N–H and O–H groups in total. The van der Waals surface area contributed by atoms with Crippen molar-refractivity contribution in [3.8, 4) is 0 Å². The second-order valence-electron chi connectivity index (χ2n) is 8.39. The van der Waals surface area contributed by atoms with E-state index in [9.17, 15) is 18.0 Å². The van der Waals surface area contributed by atoms with Crippen LogP contribution < -0.4 is 9.62 Å². The fraction of sp³-hybridized carbons (Fsp3) is 0.259. The zero-order valence-electron chi connectivity index (χ0n) is 20.3. The standard InChI is InChI=1S/C27H30N2O5S/c1-5-34-27(31)24-8-6-7-9-25(24)28-26(30)18-29(22-14-12-21(13-15-22)19(2)3)35(32,33)23-16-10-20(4)11-17-23/h6-17,19H,5,18H2,1-4H3,(H,28,30). The number of hydrogen-bond acceptors (Lipinski definition) is 5. The number of aryl methyl sites for hydroxylation is 1. The lowest BCUT2D eigenvalue weighted by Gasteiger charge is -2.25. The second-order valence-corrected chi connectivity index (χ2v) is 10.2. The largest absolute Gasteiger partial charge is 0.462 e. The first-order valence-corrected chi connectivity index (χ1v) is 12.8. The second kappa shape index (κ2) is 11.2. The maximum atomic E-state index is 13.6. The number of carbonyl (C=O) groups excluding carboxylic acids is 2. The number of para-hydroxylation sites is 1. The Kier molecular flexibility index (Phi) is 8.30. The van der Waals surface area contributed by atoms with Crippen LogP contribution in [-0.4, -0.2) is 33.4 Å². The van der Waals surface area contributed by atoms with E-state index in [1.54, 1.807) is 55.5 Å². The van der Waals surface area contributed by atoms with Gasteiger partial charge in [0.15, 0.2) is 0 Å². The molecule has 0 fully saturated rings. The summed E-state index contributed by atoms with van der Waals surface area (Å²) in [4.78, 5) is 25.4. The summed E-state index contributed by atoms with van der Waals surface area (Å²) < 4.78 is 33.3. The normalized spacial score (nSPS) is 11.2. The lowest BCUT2D eigenvalue weighted by Crippen LogP contribution is -2.38. The SMILES string of the molecule is CCOC(=O)c1ccccc1NC(=O)CN(c1ccc(C(C)C)cc1)S(=O)(=O)c1ccc(C)cc1. The number of carbonyl (C=O) groups is 2. The number of hydrogen-bond donors (Lipinski definition) is 1. The minimum atomic E-state index is -4.05. The topological polar surface area (TPSA) is 92.8 Å². The molecule has 1 amide bonds. The van der Waals surface area contributed by atoms with Crippen LogP contribution in [0.5, 0.6) is 0 Å². The number of amides is 1. The molecule has 0 aliphatic heterocycles. The zero-order valence-corrected chi connectivity index (χ0v) is 21.1. The summed E-state index contributed by atoms with van der Waals surface area (Å²) in [5, 5.41) is 2.67. The highest BCUT2D eigenvalue weighted by atomic mass is 32.2. The highest BCUT2D eigenvalue weighted by molar-refractivity contribution is 7.92. The van der Waals surface area contributed by atoms with Crippen molar-refractivity contribution in [1.29, 1.82) is 0 Å². The lowest BCUT2D eigenvalue weighted by atomic mass is 10.0. The van der Waals surface area contributed by atoms with Crippen LogP contribution in [0.4, 0.5) is 11.4 Å². The molecule has 3 aromatic carbocycles. The molecule has 0 radical (unpaired) electrons. The number of benzene rings is 3.